The number of benzene rings is 1. The smallest absolute Gasteiger partial charge is 0.176 e. The minimum Gasteiger partial charge on any atom is -0.330 e. The van der Waals surface area contributed by atoms with E-state index in [0.717, 1.165) is 11.3 Å². The van der Waals surface area contributed by atoms with Crippen LogP contribution in [0.25, 0.3) is 0 Å². The van der Waals surface area contributed by atoms with Crippen LogP contribution in [0, 0.1) is 0 Å². The lowest BCUT2D eigenvalue weighted by Crippen LogP contribution is -2.19. The van der Waals surface area contributed by atoms with E-state index in [1.54, 1.807) is 10.9 Å². The first-order valence-corrected chi connectivity index (χ1v) is 7.72. The quantitative estimate of drug-likeness (QED) is 0.711. The summed E-state index contributed by atoms with van der Waals surface area (Å²) in [5.41, 5.74) is 1.89. The Morgan fingerprint density at radius 2 is 2.17 bits per heavy atom. The van der Waals surface area contributed by atoms with Crippen molar-refractivity contribution in [2.24, 2.45) is 7.05 Å². The Hall–Kier alpha value is -2.38. The van der Waals surface area contributed by atoms with Gasteiger partial charge in [0.15, 0.2) is 10.9 Å². The van der Waals surface area contributed by atoms with Crippen LogP contribution in [-0.2, 0) is 13.6 Å². The number of hydrogen-bond donors (Lipinski definition) is 2. The number of aromatic nitrogens is 4. The maximum atomic E-state index is 5.99. The number of thiocarbonyl (C=S) groups is 1. The van der Waals surface area contributed by atoms with E-state index in [2.05, 4.69) is 20.8 Å². The van der Waals surface area contributed by atoms with Gasteiger partial charge in [-0.25, -0.2) is 0 Å². The number of aryl methyl sites for hydroxylation is 1. The summed E-state index contributed by atoms with van der Waals surface area (Å²) in [6.07, 6.45) is 5.44. The van der Waals surface area contributed by atoms with E-state index in [0.29, 0.717) is 22.5 Å². The molecular weight excluding hydrogens is 332 g/mol. The summed E-state index contributed by atoms with van der Waals surface area (Å²) in [4.78, 5) is 0. The van der Waals surface area contributed by atoms with E-state index in [1.165, 1.54) is 0 Å². The zero-order valence-electron chi connectivity index (χ0n) is 12.4. The summed E-state index contributed by atoms with van der Waals surface area (Å²) in [7, 11) is 1.85. The van der Waals surface area contributed by atoms with Crippen LogP contribution in [-0.4, -0.2) is 24.7 Å². The van der Waals surface area contributed by atoms with Gasteiger partial charge >= 0.3 is 0 Å². The molecule has 3 rings (SSSR count). The van der Waals surface area contributed by atoms with Gasteiger partial charge in [0.05, 0.1) is 18.4 Å². The number of rotatable bonds is 4. The summed E-state index contributed by atoms with van der Waals surface area (Å²) < 4.78 is 3.52. The lowest BCUT2D eigenvalue weighted by molar-refractivity contribution is 0.687. The Labute approximate surface area is 144 Å². The van der Waals surface area contributed by atoms with Gasteiger partial charge in [-0.05, 0) is 29.9 Å². The van der Waals surface area contributed by atoms with E-state index >= 15 is 0 Å². The number of halogens is 1. The van der Waals surface area contributed by atoms with Crippen LogP contribution in [0.5, 0.6) is 0 Å². The van der Waals surface area contributed by atoms with E-state index < -0.39 is 0 Å². The molecule has 2 N–H and O–H groups in total. The van der Waals surface area contributed by atoms with Gasteiger partial charge in [-0.2, -0.15) is 10.2 Å². The molecule has 0 saturated heterocycles. The SMILES string of the molecule is Cn1ccc(NC(=S)Nc2cnn(Cc3cccc(Cl)c3)c2)n1. The monoisotopic (exact) mass is 346 g/mol. The lowest BCUT2D eigenvalue weighted by Gasteiger charge is -2.06. The third-order valence-electron chi connectivity index (χ3n) is 3.08. The highest BCUT2D eigenvalue weighted by Gasteiger charge is 2.04. The van der Waals surface area contributed by atoms with Crippen molar-refractivity contribution in [3.05, 3.63) is 59.5 Å². The molecule has 2 aromatic heterocycles. The Morgan fingerprint density at radius 3 is 2.91 bits per heavy atom. The predicted octanol–water partition coefficient (Wildman–Crippen LogP) is 3.13. The average molecular weight is 347 g/mol. The molecule has 0 atom stereocenters. The number of hydrogen-bond acceptors (Lipinski definition) is 3. The second kappa shape index (κ2) is 6.80. The van der Waals surface area contributed by atoms with Crippen LogP contribution in [0.1, 0.15) is 5.56 Å². The van der Waals surface area contributed by atoms with Crippen molar-refractivity contribution in [2.45, 2.75) is 6.54 Å². The second-order valence-electron chi connectivity index (χ2n) is 5.01. The fourth-order valence-corrected chi connectivity index (χ4v) is 2.53. The van der Waals surface area contributed by atoms with Gasteiger partial charge in [0, 0.05) is 30.5 Å². The molecule has 0 fully saturated rings. The Kier molecular flexibility index (Phi) is 4.59. The molecule has 6 nitrogen and oxygen atoms in total. The number of nitrogens with one attached hydrogen (secondary N) is 2. The van der Waals surface area contributed by atoms with Crippen molar-refractivity contribution in [2.75, 3.05) is 10.6 Å². The van der Waals surface area contributed by atoms with Gasteiger partial charge in [0.2, 0.25) is 0 Å². The molecule has 0 amide bonds. The van der Waals surface area contributed by atoms with Crippen molar-refractivity contribution in [3.63, 3.8) is 0 Å². The Bertz CT molecular complexity index is 825. The van der Waals surface area contributed by atoms with E-state index in [1.807, 2.05) is 54.5 Å². The molecule has 0 spiro atoms. The van der Waals surface area contributed by atoms with Gasteiger partial charge in [-0.3, -0.25) is 9.36 Å². The first-order chi connectivity index (χ1) is 11.1. The molecule has 8 heteroatoms. The molecule has 23 heavy (non-hydrogen) atoms. The van der Waals surface area contributed by atoms with E-state index in [-0.39, 0.29) is 0 Å². The molecule has 118 valence electrons. The summed E-state index contributed by atoms with van der Waals surface area (Å²) in [5, 5.41) is 15.8. The van der Waals surface area contributed by atoms with Gasteiger partial charge in [0.1, 0.15) is 0 Å². The van der Waals surface area contributed by atoms with Gasteiger partial charge in [-0.15, -0.1) is 0 Å². The van der Waals surface area contributed by atoms with Gasteiger partial charge < -0.3 is 10.6 Å². The minimum atomic E-state index is 0.464. The summed E-state index contributed by atoms with van der Waals surface area (Å²) >= 11 is 11.2. The van der Waals surface area contributed by atoms with Crippen LogP contribution in [0.2, 0.25) is 5.02 Å². The van der Waals surface area contributed by atoms with Crippen LogP contribution in [0.4, 0.5) is 11.5 Å². The first-order valence-electron chi connectivity index (χ1n) is 6.93. The summed E-state index contributed by atoms with van der Waals surface area (Å²) in [6, 6.07) is 9.54. The standard InChI is InChI=1S/C15H15ClN6S/c1-21-6-5-14(20-21)19-15(23)18-13-8-17-22(10-13)9-11-3-2-4-12(16)7-11/h2-8,10H,9H2,1H3,(H2,18,19,20,23). The largest absolute Gasteiger partial charge is 0.330 e. The predicted molar refractivity (Wildman–Crippen MR) is 95.8 cm³/mol. The van der Waals surface area contributed by atoms with Crippen LogP contribution >= 0.6 is 23.8 Å². The Balaban J connectivity index is 1.59. The first kappa shape index (κ1) is 15.5. The molecule has 1 aromatic carbocycles. The second-order valence-corrected chi connectivity index (χ2v) is 5.85. The maximum Gasteiger partial charge on any atom is 0.176 e. The summed E-state index contributed by atoms with van der Waals surface area (Å²) in [6.45, 7) is 0.642. The maximum absolute atomic E-state index is 5.99. The molecule has 2 heterocycles. The highest BCUT2D eigenvalue weighted by molar-refractivity contribution is 7.80. The zero-order valence-corrected chi connectivity index (χ0v) is 14.0. The molecule has 0 radical (unpaired) electrons. The van der Waals surface area contributed by atoms with E-state index in [9.17, 15) is 0 Å². The van der Waals surface area contributed by atoms with Crippen molar-refractivity contribution in [1.29, 1.82) is 0 Å². The number of nitrogens with zero attached hydrogens (tertiary/aromatic N) is 4. The highest BCUT2D eigenvalue weighted by Crippen LogP contribution is 2.13. The summed E-state index contributed by atoms with van der Waals surface area (Å²) in [5.74, 6) is 0.691. The van der Waals surface area contributed by atoms with E-state index in [4.69, 9.17) is 23.8 Å². The van der Waals surface area contributed by atoms with Crippen LogP contribution < -0.4 is 10.6 Å². The van der Waals surface area contributed by atoms with Crippen LogP contribution in [0.15, 0.2) is 48.9 Å². The molecule has 0 bridgehead atoms. The third kappa shape index (κ3) is 4.30. The lowest BCUT2D eigenvalue weighted by atomic mass is 10.2. The molecule has 0 aliphatic rings. The molecular formula is C15H15ClN6S. The number of anilines is 2. The fraction of sp³-hybridized carbons (Fsp3) is 0.133. The van der Waals surface area contributed by atoms with Gasteiger partial charge in [0.25, 0.3) is 0 Å². The normalized spacial score (nSPS) is 10.5. The van der Waals surface area contributed by atoms with Crippen molar-refractivity contribution < 1.29 is 0 Å². The molecule has 3 aromatic rings. The van der Waals surface area contributed by atoms with Crippen LogP contribution in [0.3, 0.4) is 0 Å². The van der Waals surface area contributed by atoms with Gasteiger partial charge in [-0.1, -0.05) is 23.7 Å². The van der Waals surface area contributed by atoms with Crippen molar-refractivity contribution >= 4 is 40.4 Å². The molecule has 0 saturated carbocycles. The molecule has 0 aliphatic carbocycles. The Morgan fingerprint density at radius 1 is 1.30 bits per heavy atom. The third-order valence-corrected chi connectivity index (χ3v) is 3.52. The van der Waals surface area contributed by atoms with Crippen molar-refractivity contribution in [1.82, 2.24) is 19.6 Å². The average Bonchev–Trinajstić information content (AvgIpc) is 3.08. The highest BCUT2D eigenvalue weighted by atomic mass is 35.5. The van der Waals surface area contributed by atoms with Crippen molar-refractivity contribution in [3.8, 4) is 0 Å². The zero-order chi connectivity index (χ0) is 16.2. The molecule has 0 aliphatic heterocycles. The topological polar surface area (TPSA) is 59.7 Å². The fourth-order valence-electron chi connectivity index (χ4n) is 2.10. The minimum absolute atomic E-state index is 0.464. The molecule has 0 unspecified atom stereocenters.